The fourth-order valence-electron chi connectivity index (χ4n) is 10.8. The lowest BCUT2D eigenvalue weighted by Crippen LogP contribution is -2.28. The Morgan fingerprint density at radius 1 is 0.434 bits per heavy atom. The number of Topliss-reactive ketones (excluding diaryl/α,β-unsaturated/α-hetero) is 1. The van der Waals surface area contributed by atoms with Gasteiger partial charge in [-0.3, -0.25) is 9.59 Å². The second kappa shape index (κ2) is 60.4. The number of rotatable bonds is 48. The quantitative estimate of drug-likeness (QED) is 0.00806. The summed E-state index contributed by atoms with van der Waals surface area (Å²) in [6.07, 6.45) is 18.8. The van der Waals surface area contributed by atoms with E-state index in [0.717, 1.165) is 163 Å². The molecule has 0 spiro atoms. The number of benzene rings is 5. The highest BCUT2D eigenvalue weighted by atomic mass is 35.5. The van der Waals surface area contributed by atoms with Gasteiger partial charge in [0, 0.05) is 106 Å². The lowest BCUT2D eigenvalue weighted by atomic mass is 10.00. The van der Waals surface area contributed by atoms with Crippen LogP contribution in [0.5, 0.6) is 17.2 Å². The molecule has 0 amide bonds. The number of likely N-dealkylation sites (N-methyl/N-ethyl adjacent to an activating group) is 3. The Hall–Kier alpha value is -7.58. The van der Waals surface area contributed by atoms with E-state index < -0.39 is 5.97 Å². The van der Waals surface area contributed by atoms with Gasteiger partial charge in [0.05, 0.1) is 30.5 Å². The first-order chi connectivity index (χ1) is 51.2. The number of nitrogens with one attached hydrogen (secondary N) is 5. The largest absolute Gasteiger partial charge is 0.496 e. The fraction of sp³-hybridized carbons (Fsp3) is 0.593. The molecular formula is C86H139ClN8O11. The average Bonchev–Trinajstić information content (AvgIpc) is 0.847. The van der Waals surface area contributed by atoms with Gasteiger partial charge in [0.25, 0.3) is 0 Å². The highest BCUT2D eigenvalue weighted by molar-refractivity contribution is 6.33. The van der Waals surface area contributed by atoms with Crippen molar-refractivity contribution in [3.05, 3.63) is 129 Å². The third kappa shape index (κ3) is 40.4. The van der Waals surface area contributed by atoms with E-state index in [1.807, 2.05) is 75.4 Å². The van der Waals surface area contributed by atoms with Crippen molar-refractivity contribution in [2.24, 2.45) is 0 Å². The predicted molar refractivity (Wildman–Crippen MR) is 445 cm³/mol. The number of carbonyl (C=O) groups is 5. The molecule has 0 saturated heterocycles. The zero-order valence-corrected chi connectivity index (χ0v) is 69.4. The van der Waals surface area contributed by atoms with Crippen LogP contribution in [0, 0.1) is 13.8 Å². The molecule has 0 aliphatic rings. The fourth-order valence-corrected chi connectivity index (χ4v) is 11.0. The van der Waals surface area contributed by atoms with Crippen LogP contribution in [0.4, 0.5) is 28.4 Å². The monoisotopic (exact) mass is 1500 g/mol. The third-order valence-corrected chi connectivity index (χ3v) is 17.8. The summed E-state index contributed by atoms with van der Waals surface area (Å²) in [7, 11) is 3.10. The third-order valence-electron chi connectivity index (χ3n) is 17.5. The zero-order chi connectivity index (χ0) is 78.9. The van der Waals surface area contributed by atoms with Gasteiger partial charge in [-0.1, -0.05) is 158 Å². The summed E-state index contributed by atoms with van der Waals surface area (Å²) in [6.45, 7) is 46.6. The second-order valence-electron chi connectivity index (χ2n) is 26.0. The van der Waals surface area contributed by atoms with Crippen molar-refractivity contribution in [2.75, 3.05) is 152 Å². The molecule has 20 heteroatoms. The number of unbranched alkanes of at least 4 members (excludes halogenated alkanes) is 8. The number of aryl methyl sites for hydroxylation is 3. The molecule has 0 bridgehead atoms. The number of nitrogens with zero attached hydrogens (tertiary/aromatic N) is 3. The molecule has 0 unspecified atom stereocenters. The SMILES string of the molecule is CCCCCc1ccc(C(C)=O)cc1N(CCCC)CCCC.CCCCNc1cc(OC)c(C(=O)OCCN(CC)CC)cc1Cl.CCCCNc1ccc(C(=O)OCCN(CC)CC)c(OC)c1.CCCCNc1ccc(C(=O)OCCNCC)cc1C.CCCCNc1ccc(OC(C)=O)cc1C. The molecule has 0 saturated carbocycles. The Morgan fingerprint density at radius 3 is 1.40 bits per heavy atom. The van der Waals surface area contributed by atoms with Crippen molar-refractivity contribution in [3.8, 4) is 17.2 Å². The Morgan fingerprint density at radius 2 is 0.915 bits per heavy atom. The van der Waals surface area contributed by atoms with E-state index in [4.69, 9.17) is 40.0 Å². The molecule has 0 aliphatic heterocycles. The summed E-state index contributed by atoms with van der Waals surface area (Å²) in [5.74, 6) is 0.473. The predicted octanol–water partition coefficient (Wildman–Crippen LogP) is 19.6. The molecule has 0 fully saturated rings. The standard InChI is InChI=1S/C21H35NO.C18H29ClN2O3.C18H30N2O3.C16H26N2O2.C13H19NO2/c1-5-8-11-12-19-13-14-20(18(4)23)17-21(19)22(15-9-6-2)16-10-7-3;1-5-8-9-20-16-13-17(23-4)14(12-15(16)19)18(22)24-11-10-21(6-2)7-3;1-5-8-11-19-15-9-10-16(17(14-15)22-4)18(21)23-13-12-20(6-2)7-3;1-4-6-9-18-15-8-7-14(12-13(15)3)16(19)20-11-10-17-5-2;1-4-5-8-14-13-7-6-12(9-10(13)2)16-11(3)15/h13-14,17H,5-12,15-16H2,1-4H3;12-13,20H,5-11H2,1-4H3;9-10,14,19H,5-8,11-13H2,1-4H3;7-8,12,17-18H,4-6,9-11H2,1-3H3;6-7,9,14H,4-5,8H2,1-3H3. The van der Waals surface area contributed by atoms with Gasteiger partial charge in [0.2, 0.25) is 0 Å². The van der Waals surface area contributed by atoms with E-state index in [1.165, 1.54) is 83.1 Å². The zero-order valence-electron chi connectivity index (χ0n) is 68.6. The van der Waals surface area contributed by atoms with E-state index in [0.29, 0.717) is 71.9 Å². The Labute approximate surface area is 645 Å². The van der Waals surface area contributed by atoms with E-state index in [-0.39, 0.29) is 23.7 Å². The molecule has 0 heterocycles. The number of esters is 4. The summed E-state index contributed by atoms with van der Waals surface area (Å²) in [4.78, 5) is 65.9. The van der Waals surface area contributed by atoms with Crippen molar-refractivity contribution in [3.63, 3.8) is 0 Å². The van der Waals surface area contributed by atoms with Gasteiger partial charge in [0.15, 0.2) is 5.78 Å². The molecule has 0 radical (unpaired) electrons. The number of hydrogen-bond acceptors (Lipinski definition) is 19. The van der Waals surface area contributed by atoms with Crippen LogP contribution in [-0.4, -0.2) is 165 Å². The molecule has 106 heavy (non-hydrogen) atoms. The molecule has 19 nitrogen and oxygen atoms in total. The molecule has 5 aromatic carbocycles. The van der Waals surface area contributed by atoms with Gasteiger partial charge in [-0.2, -0.15) is 0 Å². The summed E-state index contributed by atoms with van der Waals surface area (Å²) in [6, 6.07) is 26.4. The summed E-state index contributed by atoms with van der Waals surface area (Å²) in [5.41, 5.74) is 11.1. The molecular weight excluding hydrogens is 1360 g/mol. The first-order valence-electron chi connectivity index (χ1n) is 39.6. The van der Waals surface area contributed by atoms with Crippen molar-refractivity contribution >= 4 is 69.7 Å². The van der Waals surface area contributed by atoms with Crippen LogP contribution in [0.1, 0.15) is 251 Å². The number of anilines is 5. The molecule has 596 valence electrons. The van der Waals surface area contributed by atoms with Crippen molar-refractivity contribution in [2.45, 2.75) is 214 Å². The first kappa shape index (κ1) is 96.4. The Balaban J connectivity index is 0.000000666. The number of carbonyl (C=O) groups excluding carboxylic acids is 5. The van der Waals surface area contributed by atoms with Crippen LogP contribution >= 0.6 is 11.6 Å². The second-order valence-corrected chi connectivity index (χ2v) is 26.4. The maximum absolute atomic E-state index is 12.3. The number of ketones is 1. The Kier molecular flexibility index (Phi) is 55.0. The minimum Gasteiger partial charge on any atom is -0.496 e. The number of hydrogen-bond donors (Lipinski definition) is 5. The minimum absolute atomic E-state index is 0.164. The van der Waals surface area contributed by atoms with Crippen molar-refractivity contribution < 1.29 is 52.4 Å². The number of halogens is 1. The van der Waals surface area contributed by atoms with Gasteiger partial charge < -0.3 is 69.7 Å². The van der Waals surface area contributed by atoms with Gasteiger partial charge in [-0.05, 0) is 182 Å². The molecule has 0 aliphatic carbocycles. The van der Waals surface area contributed by atoms with Crippen LogP contribution in [0.3, 0.4) is 0 Å². The van der Waals surface area contributed by atoms with Gasteiger partial charge in [0.1, 0.15) is 48.2 Å². The van der Waals surface area contributed by atoms with E-state index >= 15 is 0 Å². The van der Waals surface area contributed by atoms with Crippen LogP contribution in [0.15, 0.2) is 84.9 Å². The molecule has 5 aromatic rings. The smallest absolute Gasteiger partial charge is 0.342 e. The van der Waals surface area contributed by atoms with Crippen LogP contribution in [-0.2, 0) is 25.4 Å². The molecule has 5 rings (SSSR count). The maximum Gasteiger partial charge on any atom is 0.342 e. The lowest BCUT2D eigenvalue weighted by Gasteiger charge is -2.28. The van der Waals surface area contributed by atoms with Gasteiger partial charge >= 0.3 is 23.9 Å². The Bertz CT molecular complexity index is 3210. The topological polar surface area (TPSA) is 211 Å². The van der Waals surface area contributed by atoms with E-state index in [1.54, 1.807) is 32.2 Å². The summed E-state index contributed by atoms with van der Waals surface area (Å²) < 4.78 is 31.6. The normalized spacial score (nSPS) is 10.5. The van der Waals surface area contributed by atoms with Crippen LogP contribution in [0.2, 0.25) is 5.02 Å². The molecule has 5 N–H and O–H groups in total. The van der Waals surface area contributed by atoms with Gasteiger partial charge in [-0.25, -0.2) is 14.4 Å². The summed E-state index contributed by atoms with van der Waals surface area (Å²) >= 11 is 6.28. The van der Waals surface area contributed by atoms with Gasteiger partial charge in [-0.15, -0.1) is 0 Å². The lowest BCUT2D eigenvalue weighted by molar-refractivity contribution is -0.131. The number of ether oxygens (including phenoxy) is 6. The van der Waals surface area contributed by atoms with E-state index in [9.17, 15) is 24.0 Å². The highest BCUT2D eigenvalue weighted by Gasteiger charge is 2.20. The maximum atomic E-state index is 12.3. The van der Waals surface area contributed by atoms with Crippen molar-refractivity contribution in [1.82, 2.24) is 15.1 Å². The highest BCUT2D eigenvalue weighted by Crippen LogP contribution is 2.32. The number of methoxy groups -OCH3 is 2. The molecule has 0 atom stereocenters. The van der Waals surface area contributed by atoms with Crippen molar-refractivity contribution in [1.29, 1.82) is 0 Å². The molecule has 0 aromatic heterocycles. The summed E-state index contributed by atoms with van der Waals surface area (Å²) in [5, 5.41) is 16.9. The van der Waals surface area contributed by atoms with Crippen LogP contribution < -0.4 is 45.7 Å². The average molecular weight is 1500 g/mol. The van der Waals surface area contributed by atoms with E-state index in [2.05, 4.69) is 130 Å². The minimum atomic E-state index is -0.416. The van der Waals surface area contributed by atoms with Crippen LogP contribution in [0.25, 0.3) is 0 Å². The first-order valence-corrected chi connectivity index (χ1v) is 40.0.